The molecule has 3 heteroatoms. The molecule has 0 radical (unpaired) electrons. The van der Waals surface area contributed by atoms with Gasteiger partial charge in [-0.2, -0.15) is 0 Å². The fourth-order valence-corrected chi connectivity index (χ4v) is 3.08. The highest BCUT2D eigenvalue weighted by atomic mass is 16.5. The predicted molar refractivity (Wildman–Crippen MR) is 77.7 cm³/mol. The van der Waals surface area contributed by atoms with Crippen molar-refractivity contribution in [3.63, 3.8) is 0 Å². The first kappa shape index (κ1) is 12.9. The zero-order valence-electron chi connectivity index (χ0n) is 11.8. The lowest BCUT2D eigenvalue weighted by atomic mass is 9.90. The first-order chi connectivity index (χ1) is 9.31. The van der Waals surface area contributed by atoms with Crippen LogP contribution in [0.1, 0.15) is 18.4 Å². The minimum atomic E-state index is 0.388. The third kappa shape index (κ3) is 3.28. The molecule has 0 saturated carbocycles. The molecule has 0 bridgehead atoms. The highest BCUT2D eigenvalue weighted by Crippen LogP contribution is 2.27. The van der Waals surface area contributed by atoms with Crippen LogP contribution in [0.25, 0.3) is 0 Å². The van der Waals surface area contributed by atoms with E-state index in [9.17, 15) is 0 Å². The van der Waals surface area contributed by atoms with Gasteiger partial charge in [-0.15, -0.1) is 0 Å². The monoisotopic (exact) mass is 260 g/mol. The van der Waals surface area contributed by atoms with E-state index in [0.717, 1.165) is 24.8 Å². The van der Waals surface area contributed by atoms with Crippen molar-refractivity contribution in [1.82, 2.24) is 10.2 Å². The van der Waals surface area contributed by atoms with Crippen molar-refractivity contribution >= 4 is 0 Å². The second-order valence-corrected chi connectivity index (χ2v) is 5.97. The van der Waals surface area contributed by atoms with Crippen LogP contribution in [0.2, 0.25) is 0 Å². The van der Waals surface area contributed by atoms with Crippen molar-refractivity contribution in [3.8, 4) is 5.75 Å². The van der Waals surface area contributed by atoms with Gasteiger partial charge in [-0.05, 0) is 56.9 Å². The van der Waals surface area contributed by atoms with Gasteiger partial charge in [0, 0.05) is 13.1 Å². The molecule has 0 unspecified atom stereocenters. The lowest BCUT2D eigenvalue weighted by molar-refractivity contribution is 0.0380. The Hall–Kier alpha value is -1.06. The Morgan fingerprint density at radius 1 is 1.21 bits per heavy atom. The molecular formula is C16H24N2O. The molecule has 2 fully saturated rings. The van der Waals surface area contributed by atoms with Crippen molar-refractivity contribution in [2.75, 3.05) is 33.2 Å². The third-order valence-electron chi connectivity index (χ3n) is 4.26. The first-order valence-electron chi connectivity index (χ1n) is 7.45. The van der Waals surface area contributed by atoms with Crippen LogP contribution < -0.4 is 10.1 Å². The average molecular weight is 260 g/mol. The van der Waals surface area contributed by atoms with Crippen LogP contribution in [0, 0.1) is 5.92 Å². The second-order valence-electron chi connectivity index (χ2n) is 5.97. The summed E-state index contributed by atoms with van der Waals surface area (Å²) in [5.74, 6) is 1.93. The van der Waals surface area contributed by atoms with Gasteiger partial charge in [0.25, 0.3) is 0 Å². The number of benzene rings is 1. The predicted octanol–water partition coefficient (Wildman–Crippen LogP) is 1.92. The summed E-state index contributed by atoms with van der Waals surface area (Å²) in [7, 11) is 2.14. The second kappa shape index (κ2) is 5.93. The molecule has 2 aliphatic heterocycles. The Morgan fingerprint density at radius 3 is 2.68 bits per heavy atom. The van der Waals surface area contributed by atoms with Crippen LogP contribution in [0.3, 0.4) is 0 Å². The number of nitrogens with one attached hydrogen (secondary N) is 1. The van der Waals surface area contributed by atoms with E-state index in [1.54, 1.807) is 0 Å². The summed E-state index contributed by atoms with van der Waals surface area (Å²) in [5, 5.41) is 3.43. The number of likely N-dealkylation sites (tertiary alicyclic amines) is 1. The van der Waals surface area contributed by atoms with Crippen molar-refractivity contribution in [2.24, 2.45) is 5.92 Å². The Kier molecular flexibility index (Phi) is 4.04. The van der Waals surface area contributed by atoms with Crippen molar-refractivity contribution in [3.05, 3.63) is 29.8 Å². The van der Waals surface area contributed by atoms with Gasteiger partial charge in [-0.1, -0.05) is 18.2 Å². The van der Waals surface area contributed by atoms with Crippen LogP contribution in [-0.4, -0.2) is 44.2 Å². The Morgan fingerprint density at radius 2 is 1.95 bits per heavy atom. The minimum absolute atomic E-state index is 0.388. The zero-order chi connectivity index (χ0) is 13.1. The zero-order valence-corrected chi connectivity index (χ0v) is 11.8. The summed E-state index contributed by atoms with van der Waals surface area (Å²) in [6.45, 7) is 4.45. The van der Waals surface area contributed by atoms with Crippen LogP contribution in [0.5, 0.6) is 5.75 Å². The molecule has 19 heavy (non-hydrogen) atoms. The molecule has 0 atom stereocenters. The number of likely N-dealkylation sites (N-methyl/N-ethyl adjacent to an activating group) is 1. The fourth-order valence-electron chi connectivity index (χ4n) is 3.08. The van der Waals surface area contributed by atoms with Gasteiger partial charge in [0.15, 0.2) is 0 Å². The maximum atomic E-state index is 6.14. The standard InChI is InChI=1S/C16H24N2O/c1-18-11-15(12-18)19-16-5-3-2-4-14(16)10-13-6-8-17-9-7-13/h2-5,13,15,17H,6-12H2,1H3. The van der Waals surface area contributed by atoms with Gasteiger partial charge in [0.05, 0.1) is 0 Å². The number of ether oxygens (including phenoxy) is 1. The van der Waals surface area contributed by atoms with E-state index < -0.39 is 0 Å². The van der Waals surface area contributed by atoms with E-state index in [-0.39, 0.29) is 0 Å². The molecule has 2 saturated heterocycles. The van der Waals surface area contributed by atoms with Gasteiger partial charge in [-0.25, -0.2) is 0 Å². The number of hydrogen-bond donors (Lipinski definition) is 1. The fraction of sp³-hybridized carbons (Fsp3) is 0.625. The van der Waals surface area contributed by atoms with Gasteiger partial charge in [-0.3, -0.25) is 4.90 Å². The van der Waals surface area contributed by atoms with Crippen LogP contribution in [0.4, 0.5) is 0 Å². The lowest BCUT2D eigenvalue weighted by Crippen LogP contribution is -2.51. The molecule has 0 aromatic heterocycles. The first-order valence-corrected chi connectivity index (χ1v) is 7.45. The highest BCUT2D eigenvalue weighted by molar-refractivity contribution is 5.34. The summed E-state index contributed by atoms with van der Waals surface area (Å²) < 4.78 is 6.14. The third-order valence-corrected chi connectivity index (χ3v) is 4.26. The molecule has 0 aliphatic carbocycles. The largest absolute Gasteiger partial charge is 0.487 e. The van der Waals surface area contributed by atoms with E-state index in [1.807, 2.05) is 0 Å². The summed E-state index contributed by atoms with van der Waals surface area (Å²) in [6, 6.07) is 8.59. The lowest BCUT2D eigenvalue weighted by Gasteiger charge is -2.36. The molecular weight excluding hydrogens is 236 g/mol. The van der Waals surface area contributed by atoms with Crippen LogP contribution >= 0.6 is 0 Å². The Bertz CT molecular complexity index is 409. The van der Waals surface area contributed by atoms with E-state index in [0.29, 0.717) is 6.10 Å². The van der Waals surface area contributed by atoms with Crippen molar-refractivity contribution in [2.45, 2.75) is 25.4 Å². The molecule has 2 heterocycles. The highest BCUT2D eigenvalue weighted by Gasteiger charge is 2.25. The summed E-state index contributed by atoms with van der Waals surface area (Å²) >= 11 is 0. The Labute approximate surface area is 115 Å². The molecule has 1 N–H and O–H groups in total. The Balaban J connectivity index is 1.63. The molecule has 0 spiro atoms. The van der Waals surface area contributed by atoms with E-state index in [2.05, 4.69) is 41.5 Å². The van der Waals surface area contributed by atoms with Crippen LogP contribution in [0.15, 0.2) is 24.3 Å². The smallest absolute Gasteiger partial charge is 0.124 e. The van der Waals surface area contributed by atoms with Crippen molar-refractivity contribution < 1.29 is 4.74 Å². The number of rotatable bonds is 4. The van der Waals surface area contributed by atoms with Gasteiger partial charge >= 0.3 is 0 Å². The topological polar surface area (TPSA) is 24.5 Å². The molecule has 104 valence electrons. The summed E-state index contributed by atoms with van der Waals surface area (Å²) in [5.41, 5.74) is 1.39. The minimum Gasteiger partial charge on any atom is -0.487 e. The quantitative estimate of drug-likeness (QED) is 0.895. The maximum Gasteiger partial charge on any atom is 0.124 e. The molecule has 2 aliphatic rings. The van der Waals surface area contributed by atoms with E-state index in [1.165, 1.54) is 37.9 Å². The van der Waals surface area contributed by atoms with Crippen LogP contribution in [-0.2, 0) is 6.42 Å². The normalized spacial score (nSPS) is 22.2. The summed E-state index contributed by atoms with van der Waals surface area (Å²) in [6.07, 6.45) is 4.14. The number of nitrogens with zero attached hydrogens (tertiary/aromatic N) is 1. The van der Waals surface area contributed by atoms with Gasteiger partial charge < -0.3 is 10.1 Å². The van der Waals surface area contributed by atoms with Gasteiger partial charge in [0.1, 0.15) is 11.9 Å². The number of hydrogen-bond acceptors (Lipinski definition) is 3. The van der Waals surface area contributed by atoms with Crippen molar-refractivity contribution in [1.29, 1.82) is 0 Å². The number of para-hydroxylation sites is 1. The SMILES string of the molecule is CN1CC(Oc2ccccc2CC2CCNCC2)C1. The average Bonchev–Trinajstić information content (AvgIpc) is 2.40. The molecule has 0 amide bonds. The van der Waals surface area contributed by atoms with Gasteiger partial charge in [0.2, 0.25) is 0 Å². The number of piperidine rings is 1. The van der Waals surface area contributed by atoms with E-state index >= 15 is 0 Å². The molecule has 1 aromatic carbocycles. The maximum absolute atomic E-state index is 6.14. The molecule has 3 nitrogen and oxygen atoms in total. The van der Waals surface area contributed by atoms with E-state index in [4.69, 9.17) is 4.74 Å². The summed E-state index contributed by atoms with van der Waals surface area (Å²) in [4.78, 5) is 2.29. The molecule has 1 aromatic rings. The molecule has 3 rings (SSSR count).